The Balaban J connectivity index is 1.46. The Kier molecular flexibility index (Phi) is 8.55. The van der Waals surface area contributed by atoms with Gasteiger partial charge in [-0.1, -0.05) is 25.1 Å². The number of aromatic nitrogens is 1. The molecule has 0 bridgehead atoms. The monoisotopic (exact) mass is 625 g/mol. The second-order valence-corrected chi connectivity index (χ2v) is 10.6. The molecule has 1 aromatic heterocycles. The van der Waals surface area contributed by atoms with E-state index in [-0.39, 0.29) is 22.2 Å². The van der Waals surface area contributed by atoms with E-state index in [9.17, 15) is 29.8 Å². The van der Waals surface area contributed by atoms with E-state index in [2.05, 4.69) is 0 Å². The molecule has 4 aromatic rings. The third kappa shape index (κ3) is 5.93. The lowest BCUT2D eigenvalue weighted by molar-refractivity contribution is -0.394. The van der Waals surface area contributed by atoms with Gasteiger partial charge < -0.3 is 9.30 Å². The molecule has 1 fully saturated rings. The average Bonchev–Trinajstić information content (AvgIpc) is 3.30. The quantitative estimate of drug-likeness (QED) is 0.0661. The Hall–Kier alpha value is -5.69. The van der Waals surface area contributed by atoms with Gasteiger partial charge in [-0.2, -0.15) is 0 Å². The number of carbonyl (C=O) groups excluding carboxylic acids is 2. The first-order valence-corrected chi connectivity index (χ1v) is 14.3. The number of rotatable bonds is 9. The van der Waals surface area contributed by atoms with Gasteiger partial charge in [0, 0.05) is 29.7 Å². The molecule has 0 spiro atoms. The molecule has 0 radical (unpaired) electrons. The molecule has 2 amide bonds. The number of nitrogens with zero attached hydrogens (tertiary/aromatic N) is 5. The van der Waals surface area contributed by atoms with Crippen LogP contribution in [0.3, 0.4) is 0 Å². The summed E-state index contributed by atoms with van der Waals surface area (Å²) < 4.78 is 7.63. The first kappa shape index (κ1) is 30.8. The predicted molar refractivity (Wildman–Crippen MR) is 172 cm³/mol. The van der Waals surface area contributed by atoms with E-state index in [1.54, 1.807) is 54.6 Å². The van der Waals surface area contributed by atoms with Crippen molar-refractivity contribution in [1.29, 1.82) is 0 Å². The average molecular weight is 626 g/mol. The summed E-state index contributed by atoms with van der Waals surface area (Å²) in [5.74, 6) is -0.809. The highest BCUT2D eigenvalue weighted by molar-refractivity contribution is 7.80. The minimum Gasteiger partial charge on any atom is -0.450 e. The fraction of sp³-hybridized carbons (Fsp3) is 0.156. The summed E-state index contributed by atoms with van der Waals surface area (Å²) in [6.07, 6.45) is 2.25. The number of hydrogen-bond acceptors (Lipinski definition) is 8. The number of benzene rings is 3. The maximum Gasteiger partial charge on any atom is 0.318 e. The second-order valence-electron chi connectivity index (χ2n) is 10.2. The molecule has 5 rings (SSSR count). The van der Waals surface area contributed by atoms with Gasteiger partial charge in [-0.05, 0) is 92.7 Å². The third-order valence-corrected chi connectivity index (χ3v) is 7.64. The zero-order chi connectivity index (χ0) is 32.4. The van der Waals surface area contributed by atoms with Crippen molar-refractivity contribution >= 4 is 52.3 Å². The molecule has 228 valence electrons. The van der Waals surface area contributed by atoms with Gasteiger partial charge in [0.2, 0.25) is 5.75 Å². The summed E-state index contributed by atoms with van der Waals surface area (Å²) in [7, 11) is 0. The molecule has 0 aliphatic carbocycles. The Morgan fingerprint density at radius 3 is 2.18 bits per heavy atom. The molecule has 0 unspecified atom stereocenters. The van der Waals surface area contributed by atoms with Crippen molar-refractivity contribution in [3.8, 4) is 17.2 Å². The maximum absolute atomic E-state index is 13.7. The van der Waals surface area contributed by atoms with E-state index in [1.165, 1.54) is 15.9 Å². The van der Waals surface area contributed by atoms with E-state index in [1.807, 2.05) is 37.5 Å². The third-order valence-electron chi connectivity index (χ3n) is 7.24. The summed E-state index contributed by atoms with van der Waals surface area (Å²) in [5.41, 5.74) is 2.62. The fourth-order valence-electron chi connectivity index (χ4n) is 5.13. The lowest BCUT2D eigenvalue weighted by atomic mass is 10.1. The van der Waals surface area contributed by atoms with Gasteiger partial charge in [0.05, 0.1) is 21.6 Å². The molecule has 2 heterocycles. The Morgan fingerprint density at radius 1 is 0.867 bits per heavy atom. The summed E-state index contributed by atoms with van der Waals surface area (Å²) in [4.78, 5) is 51.1. The fourth-order valence-corrected chi connectivity index (χ4v) is 5.49. The van der Waals surface area contributed by atoms with Crippen LogP contribution in [0.2, 0.25) is 0 Å². The number of thiocarbonyl (C=S) groups is 1. The molecular weight excluding hydrogens is 598 g/mol. The molecule has 1 aliphatic heterocycles. The first-order chi connectivity index (χ1) is 21.5. The van der Waals surface area contributed by atoms with Crippen molar-refractivity contribution in [2.75, 3.05) is 11.4 Å². The van der Waals surface area contributed by atoms with Gasteiger partial charge in [0.15, 0.2) is 5.11 Å². The van der Waals surface area contributed by atoms with Crippen LogP contribution in [0.5, 0.6) is 11.5 Å². The highest BCUT2D eigenvalue weighted by Crippen LogP contribution is 2.35. The van der Waals surface area contributed by atoms with E-state index in [0.29, 0.717) is 24.2 Å². The molecule has 0 atom stereocenters. The zero-order valence-electron chi connectivity index (χ0n) is 24.5. The molecule has 45 heavy (non-hydrogen) atoms. The molecular formula is C32H27N5O7S. The minimum absolute atomic E-state index is 0.00501. The summed E-state index contributed by atoms with van der Waals surface area (Å²) in [5, 5.41) is 22.7. The van der Waals surface area contributed by atoms with Gasteiger partial charge >= 0.3 is 5.69 Å². The number of nitro benzene ring substituents is 2. The number of hydrogen-bond donors (Lipinski definition) is 0. The number of aryl methyl sites for hydroxylation is 1. The number of amides is 2. The van der Waals surface area contributed by atoms with Crippen LogP contribution >= 0.6 is 12.2 Å². The van der Waals surface area contributed by atoms with E-state index in [4.69, 9.17) is 17.0 Å². The number of nitro groups is 2. The van der Waals surface area contributed by atoms with Crippen LogP contribution in [0.25, 0.3) is 11.8 Å². The highest BCUT2D eigenvalue weighted by Gasteiger charge is 2.40. The maximum atomic E-state index is 13.7. The van der Waals surface area contributed by atoms with E-state index < -0.39 is 33.0 Å². The second kappa shape index (κ2) is 12.5. The molecule has 1 saturated heterocycles. The molecule has 0 saturated carbocycles. The largest absolute Gasteiger partial charge is 0.450 e. The van der Waals surface area contributed by atoms with E-state index >= 15 is 0 Å². The van der Waals surface area contributed by atoms with E-state index in [0.717, 1.165) is 29.2 Å². The number of anilines is 1. The lowest BCUT2D eigenvalue weighted by Gasteiger charge is -2.36. The Labute approximate surface area is 263 Å². The van der Waals surface area contributed by atoms with Gasteiger partial charge in [-0.25, -0.2) is 0 Å². The first-order valence-electron chi connectivity index (χ1n) is 13.9. The van der Waals surface area contributed by atoms with Crippen molar-refractivity contribution in [2.45, 2.75) is 27.2 Å². The highest BCUT2D eigenvalue weighted by atomic mass is 32.1. The summed E-state index contributed by atoms with van der Waals surface area (Å²) >= 11 is 5.58. The van der Waals surface area contributed by atoms with Crippen LogP contribution in [0.15, 0.2) is 84.4 Å². The van der Waals surface area contributed by atoms with Crippen molar-refractivity contribution in [3.05, 3.63) is 122 Å². The van der Waals surface area contributed by atoms with Crippen LogP contribution in [-0.4, -0.2) is 42.8 Å². The minimum atomic E-state index is -0.741. The Morgan fingerprint density at radius 2 is 1.56 bits per heavy atom. The van der Waals surface area contributed by atoms with Gasteiger partial charge in [0.1, 0.15) is 11.3 Å². The Bertz CT molecular complexity index is 1880. The van der Waals surface area contributed by atoms with Crippen LogP contribution in [0, 0.1) is 34.1 Å². The van der Waals surface area contributed by atoms with Crippen molar-refractivity contribution in [1.82, 2.24) is 9.47 Å². The topological polar surface area (TPSA) is 141 Å². The summed E-state index contributed by atoms with van der Waals surface area (Å²) in [6.45, 7) is 6.05. The standard InChI is InChI=1S/C32H27N5O7S/c1-4-16-33-30(38)27(31(39)35(32(33)45)23-8-6-5-7-9-23)18-22-17-20(2)34(21(22)3)24-10-13-26(14-11-24)44-29-15-12-25(36(40)41)19-28(29)37(42)43/h5-15,17-19H,4,16H2,1-3H3/b27-18+. The van der Waals surface area contributed by atoms with Crippen LogP contribution in [0.4, 0.5) is 17.1 Å². The lowest BCUT2D eigenvalue weighted by Crippen LogP contribution is -2.56. The number of carbonyl (C=O) groups is 2. The van der Waals surface area contributed by atoms with Gasteiger partial charge in [0.25, 0.3) is 17.5 Å². The smallest absolute Gasteiger partial charge is 0.318 e. The zero-order valence-corrected chi connectivity index (χ0v) is 25.3. The normalized spacial score (nSPS) is 14.3. The van der Waals surface area contributed by atoms with Crippen molar-refractivity contribution < 1.29 is 24.2 Å². The number of para-hydroxylation sites is 1. The number of ether oxygens (including phenoxy) is 1. The van der Waals surface area contributed by atoms with Crippen LogP contribution in [0.1, 0.15) is 30.3 Å². The molecule has 13 heteroatoms. The van der Waals surface area contributed by atoms with Gasteiger partial charge in [-0.15, -0.1) is 0 Å². The molecule has 12 nitrogen and oxygen atoms in total. The molecule has 3 aromatic carbocycles. The molecule has 0 N–H and O–H groups in total. The SMILES string of the molecule is CCCN1C(=O)/C(=C\c2cc(C)n(-c3ccc(Oc4ccc([N+](=O)[O-])cc4[N+](=O)[O-])cc3)c2C)C(=O)N(c2ccccc2)C1=S. The van der Waals surface area contributed by atoms with Crippen molar-refractivity contribution in [3.63, 3.8) is 0 Å². The molecule has 1 aliphatic rings. The van der Waals surface area contributed by atoms with Crippen LogP contribution < -0.4 is 9.64 Å². The van der Waals surface area contributed by atoms with Gasteiger partial charge in [-0.3, -0.25) is 39.6 Å². The van der Waals surface area contributed by atoms with Crippen LogP contribution in [-0.2, 0) is 9.59 Å². The van der Waals surface area contributed by atoms with Crippen molar-refractivity contribution in [2.24, 2.45) is 0 Å². The number of non-ortho nitro benzene ring substituents is 1. The summed E-state index contributed by atoms with van der Waals surface area (Å²) in [6, 6.07) is 20.7. The predicted octanol–water partition coefficient (Wildman–Crippen LogP) is 6.66.